The first-order chi connectivity index (χ1) is 21.9. The van der Waals surface area contributed by atoms with Crippen molar-refractivity contribution in [3.8, 4) is 17.2 Å². The summed E-state index contributed by atoms with van der Waals surface area (Å²) in [6.07, 6.45) is -0.709. The van der Waals surface area contributed by atoms with E-state index >= 15 is 0 Å². The maximum atomic E-state index is 13.1. The van der Waals surface area contributed by atoms with Crippen LogP contribution < -0.4 is 10.1 Å². The molecule has 46 heavy (non-hydrogen) atoms. The molecule has 0 fully saturated rings. The summed E-state index contributed by atoms with van der Waals surface area (Å²) < 4.78 is 22.4. The molecule has 0 saturated heterocycles. The monoisotopic (exact) mass is 660 g/mol. The first kappa shape index (κ1) is 32.5. The number of carbonyl (C=O) groups is 3. The Morgan fingerprint density at radius 2 is 1.59 bits per heavy atom. The standard InChI is InChI=1S/C35H30Cl2N2O7/c1-35(2,3)46-34(42)39-29(33(41)43-20-21-8-5-4-6-9-21)15-22-10-7-11-27(14-22)44-32(40)23-12-13-28-30(18-23)45-31(38-28)24-16-25(36)19-26(37)17-24/h4-14,16-19,29H,15,20H2,1-3H3,(H,39,42). The number of oxazole rings is 1. The summed E-state index contributed by atoms with van der Waals surface area (Å²) in [5.41, 5.74) is 2.38. The van der Waals surface area contributed by atoms with E-state index in [2.05, 4.69) is 10.3 Å². The number of hydrogen-bond donors (Lipinski definition) is 1. The van der Waals surface area contributed by atoms with Gasteiger partial charge >= 0.3 is 18.0 Å². The molecule has 1 aromatic heterocycles. The summed E-state index contributed by atoms with van der Waals surface area (Å²) in [7, 11) is 0. The second-order valence-electron chi connectivity index (χ2n) is 11.4. The highest BCUT2D eigenvalue weighted by Gasteiger charge is 2.26. The van der Waals surface area contributed by atoms with Gasteiger partial charge in [0.2, 0.25) is 5.89 Å². The fourth-order valence-corrected chi connectivity index (χ4v) is 4.99. The van der Waals surface area contributed by atoms with E-state index in [0.717, 1.165) is 5.56 Å². The normalized spacial score (nSPS) is 11.9. The van der Waals surface area contributed by atoms with Crippen molar-refractivity contribution in [1.82, 2.24) is 10.3 Å². The lowest BCUT2D eigenvalue weighted by molar-refractivity contribution is -0.147. The molecule has 0 aliphatic heterocycles. The lowest BCUT2D eigenvalue weighted by atomic mass is 10.1. The number of carbonyl (C=O) groups excluding carboxylic acids is 3. The third-order valence-electron chi connectivity index (χ3n) is 6.48. The van der Waals surface area contributed by atoms with Crippen LogP contribution in [-0.2, 0) is 27.3 Å². The number of fused-ring (bicyclic) bond motifs is 1. The minimum absolute atomic E-state index is 0.0354. The number of benzene rings is 4. The molecule has 0 radical (unpaired) electrons. The Kier molecular flexibility index (Phi) is 9.94. The number of amides is 1. The molecule has 1 heterocycles. The van der Waals surface area contributed by atoms with E-state index in [-0.39, 0.29) is 24.3 Å². The zero-order valence-corrected chi connectivity index (χ0v) is 26.7. The molecule has 1 N–H and O–H groups in total. The summed E-state index contributed by atoms with van der Waals surface area (Å²) in [5.74, 6) is -0.733. The molecule has 0 saturated carbocycles. The molecule has 0 aliphatic rings. The second-order valence-corrected chi connectivity index (χ2v) is 12.3. The van der Waals surface area contributed by atoms with E-state index in [1.807, 2.05) is 30.3 Å². The third kappa shape index (κ3) is 8.87. The Morgan fingerprint density at radius 3 is 2.30 bits per heavy atom. The van der Waals surface area contributed by atoms with Crippen LogP contribution in [0.15, 0.2) is 95.4 Å². The van der Waals surface area contributed by atoms with Gasteiger partial charge in [0.15, 0.2) is 5.58 Å². The van der Waals surface area contributed by atoms with Gasteiger partial charge in [-0.05, 0) is 80.4 Å². The number of nitrogens with one attached hydrogen (secondary N) is 1. The molecule has 1 unspecified atom stereocenters. The summed E-state index contributed by atoms with van der Waals surface area (Å²) >= 11 is 12.2. The number of aromatic nitrogens is 1. The maximum absolute atomic E-state index is 13.1. The van der Waals surface area contributed by atoms with Gasteiger partial charge in [0.25, 0.3) is 0 Å². The molecule has 5 rings (SSSR count). The van der Waals surface area contributed by atoms with Crippen molar-refractivity contribution in [3.63, 3.8) is 0 Å². The van der Waals surface area contributed by atoms with Crippen LogP contribution in [0.1, 0.15) is 42.3 Å². The van der Waals surface area contributed by atoms with Crippen molar-refractivity contribution in [3.05, 3.63) is 118 Å². The molecule has 1 amide bonds. The van der Waals surface area contributed by atoms with Gasteiger partial charge in [-0.1, -0.05) is 65.7 Å². The highest BCUT2D eigenvalue weighted by molar-refractivity contribution is 6.35. The van der Waals surface area contributed by atoms with Gasteiger partial charge in [-0.15, -0.1) is 0 Å². The Labute approximate surface area is 275 Å². The molecule has 0 aliphatic carbocycles. The van der Waals surface area contributed by atoms with Gasteiger partial charge in [0.05, 0.1) is 5.56 Å². The Hall–Kier alpha value is -4.86. The zero-order valence-electron chi connectivity index (χ0n) is 25.2. The van der Waals surface area contributed by atoms with Crippen molar-refractivity contribution in [2.75, 3.05) is 0 Å². The van der Waals surface area contributed by atoms with E-state index in [0.29, 0.717) is 38.2 Å². The van der Waals surface area contributed by atoms with Crippen molar-refractivity contribution in [2.24, 2.45) is 0 Å². The van der Waals surface area contributed by atoms with Gasteiger partial charge in [-0.25, -0.2) is 19.4 Å². The molecule has 4 aromatic carbocycles. The van der Waals surface area contributed by atoms with Crippen LogP contribution in [-0.4, -0.2) is 34.7 Å². The topological polar surface area (TPSA) is 117 Å². The maximum Gasteiger partial charge on any atom is 0.408 e. The average Bonchev–Trinajstić information content (AvgIpc) is 3.43. The van der Waals surface area contributed by atoms with Crippen molar-refractivity contribution in [2.45, 2.75) is 45.4 Å². The van der Waals surface area contributed by atoms with Crippen LogP contribution in [0.5, 0.6) is 5.75 Å². The van der Waals surface area contributed by atoms with E-state index in [1.165, 1.54) is 6.07 Å². The zero-order chi connectivity index (χ0) is 32.8. The number of alkyl carbamates (subject to hydrolysis) is 1. The van der Waals surface area contributed by atoms with E-state index in [9.17, 15) is 14.4 Å². The third-order valence-corrected chi connectivity index (χ3v) is 6.92. The summed E-state index contributed by atoms with van der Waals surface area (Å²) in [6.45, 7) is 5.21. The van der Waals surface area contributed by atoms with Gasteiger partial charge in [-0.2, -0.15) is 0 Å². The summed E-state index contributed by atoms with van der Waals surface area (Å²) in [4.78, 5) is 43.2. The quantitative estimate of drug-likeness (QED) is 0.124. The lowest BCUT2D eigenvalue weighted by Gasteiger charge is -2.23. The SMILES string of the molecule is CC(C)(C)OC(=O)NC(Cc1cccc(OC(=O)c2ccc3nc(-c4cc(Cl)cc(Cl)c4)oc3c2)c1)C(=O)OCc1ccccc1. The van der Waals surface area contributed by atoms with Crippen molar-refractivity contribution < 1.29 is 33.0 Å². The van der Waals surface area contributed by atoms with Crippen molar-refractivity contribution >= 4 is 52.3 Å². The number of halogens is 2. The number of ether oxygens (including phenoxy) is 3. The fourth-order valence-electron chi connectivity index (χ4n) is 4.46. The van der Waals surface area contributed by atoms with Gasteiger partial charge < -0.3 is 23.9 Å². The van der Waals surface area contributed by atoms with E-state index < -0.39 is 29.7 Å². The number of rotatable bonds is 9. The Balaban J connectivity index is 1.29. The molecule has 11 heteroatoms. The van der Waals surface area contributed by atoms with Crippen LogP contribution in [0.25, 0.3) is 22.6 Å². The molecular formula is C35H30Cl2N2O7. The van der Waals surface area contributed by atoms with Crippen LogP contribution in [0.3, 0.4) is 0 Å². The minimum atomic E-state index is -1.07. The van der Waals surface area contributed by atoms with E-state index in [1.54, 1.807) is 75.4 Å². The average molecular weight is 662 g/mol. The molecular weight excluding hydrogens is 631 g/mol. The van der Waals surface area contributed by atoms with Crippen LogP contribution in [0.2, 0.25) is 10.0 Å². The van der Waals surface area contributed by atoms with Gasteiger partial charge in [-0.3, -0.25) is 0 Å². The predicted molar refractivity (Wildman–Crippen MR) is 174 cm³/mol. The highest BCUT2D eigenvalue weighted by atomic mass is 35.5. The fraction of sp³-hybridized carbons (Fsp3) is 0.200. The Bertz CT molecular complexity index is 1860. The smallest absolute Gasteiger partial charge is 0.408 e. The molecule has 5 aromatic rings. The van der Waals surface area contributed by atoms with Gasteiger partial charge in [0, 0.05) is 22.0 Å². The molecule has 0 bridgehead atoms. The van der Waals surface area contributed by atoms with Crippen LogP contribution >= 0.6 is 23.2 Å². The second kappa shape index (κ2) is 14.1. The molecule has 236 valence electrons. The summed E-state index contributed by atoms with van der Waals surface area (Å²) in [5, 5.41) is 3.48. The molecule has 9 nitrogen and oxygen atoms in total. The first-order valence-corrected chi connectivity index (χ1v) is 15.1. The number of hydrogen-bond acceptors (Lipinski definition) is 8. The lowest BCUT2D eigenvalue weighted by Crippen LogP contribution is -2.45. The number of esters is 2. The van der Waals surface area contributed by atoms with Gasteiger partial charge in [0.1, 0.15) is 29.5 Å². The van der Waals surface area contributed by atoms with Crippen LogP contribution in [0, 0.1) is 0 Å². The summed E-state index contributed by atoms with van der Waals surface area (Å²) in [6, 6.07) is 24.5. The van der Waals surface area contributed by atoms with E-state index in [4.69, 9.17) is 41.8 Å². The minimum Gasteiger partial charge on any atom is -0.459 e. The number of nitrogens with zero attached hydrogens (tertiary/aromatic N) is 1. The highest BCUT2D eigenvalue weighted by Crippen LogP contribution is 2.30. The van der Waals surface area contributed by atoms with Crippen LogP contribution in [0.4, 0.5) is 4.79 Å². The van der Waals surface area contributed by atoms with Crippen molar-refractivity contribution in [1.29, 1.82) is 0 Å². The largest absolute Gasteiger partial charge is 0.459 e. The first-order valence-electron chi connectivity index (χ1n) is 14.3. The molecule has 0 spiro atoms. The Morgan fingerprint density at radius 1 is 0.870 bits per heavy atom. The molecule has 1 atom stereocenters. The predicted octanol–water partition coefficient (Wildman–Crippen LogP) is 8.20.